The van der Waals surface area contributed by atoms with E-state index in [9.17, 15) is 19.5 Å². The summed E-state index contributed by atoms with van der Waals surface area (Å²) < 4.78 is 5.05. The molecular formula is C21H20N2O5S. The van der Waals surface area contributed by atoms with Crippen LogP contribution in [0.15, 0.2) is 41.3 Å². The highest BCUT2D eigenvalue weighted by Gasteiger charge is 2.36. The minimum atomic E-state index is -0.539. The Hall–Kier alpha value is -3.26. The lowest BCUT2D eigenvalue weighted by molar-refractivity contribution is -0.127. The molecule has 2 aromatic rings. The number of rotatable bonds is 5. The number of ether oxygens (including phenoxy) is 1. The molecule has 1 aliphatic heterocycles. The van der Waals surface area contributed by atoms with Crippen LogP contribution >= 0.6 is 11.8 Å². The van der Waals surface area contributed by atoms with E-state index in [4.69, 9.17) is 4.74 Å². The lowest BCUT2D eigenvalue weighted by Crippen LogP contribution is -2.36. The highest BCUT2D eigenvalue weighted by atomic mass is 32.2. The first kappa shape index (κ1) is 20.5. The van der Waals surface area contributed by atoms with Crippen LogP contribution in [-0.4, -0.2) is 40.7 Å². The van der Waals surface area contributed by atoms with Gasteiger partial charge in [-0.2, -0.15) is 0 Å². The molecule has 1 saturated heterocycles. The number of hydrogen-bond acceptors (Lipinski definition) is 6. The van der Waals surface area contributed by atoms with E-state index in [0.29, 0.717) is 11.3 Å². The van der Waals surface area contributed by atoms with Crippen molar-refractivity contribution >= 4 is 40.6 Å². The van der Waals surface area contributed by atoms with Crippen LogP contribution in [0.25, 0.3) is 6.08 Å². The van der Waals surface area contributed by atoms with E-state index in [2.05, 4.69) is 5.32 Å². The summed E-state index contributed by atoms with van der Waals surface area (Å²) in [6.45, 7) is 3.41. The monoisotopic (exact) mass is 412 g/mol. The Balaban J connectivity index is 1.73. The molecule has 3 rings (SSSR count). The molecule has 1 heterocycles. The lowest BCUT2D eigenvalue weighted by Gasteiger charge is -2.14. The van der Waals surface area contributed by atoms with E-state index in [1.807, 2.05) is 32.0 Å². The van der Waals surface area contributed by atoms with Gasteiger partial charge in [0.2, 0.25) is 5.91 Å². The van der Waals surface area contributed by atoms with Crippen LogP contribution in [0.5, 0.6) is 11.5 Å². The van der Waals surface area contributed by atoms with E-state index in [1.54, 1.807) is 12.1 Å². The summed E-state index contributed by atoms with van der Waals surface area (Å²) in [5.41, 5.74) is 3.11. The van der Waals surface area contributed by atoms with Crippen LogP contribution in [0.2, 0.25) is 0 Å². The molecule has 0 unspecified atom stereocenters. The zero-order chi connectivity index (χ0) is 21.1. The molecule has 0 atom stereocenters. The summed E-state index contributed by atoms with van der Waals surface area (Å²) in [6.07, 6.45) is 1.52. The first-order valence-corrected chi connectivity index (χ1v) is 9.59. The molecule has 0 aromatic heterocycles. The molecular weight excluding hydrogens is 392 g/mol. The lowest BCUT2D eigenvalue weighted by atomic mass is 10.1. The Bertz CT molecular complexity index is 1030. The zero-order valence-electron chi connectivity index (χ0n) is 16.2. The van der Waals surface area contributed by atoms with E-state index >= 15 is 0 Å². The van der Waals surface area contributed by atoms with Crippen LogP contribution in [0.4, 0.5) is 10.5 Å². The summed E-state index contributed by atoms with van der Waals surface area (Å²) in [7, 11) is 1.42. The van der Waals surface area contributed by atoms with E-state index in [-0.39, 0.29) is 22.9 Å². The number of aromatic hydroxyl groups is 1. The van der Waals surface area contributed by atoms with Crippen molar-refractivity contribution in [1.29, 1.82) is 0 Å². The van der Waals surface area contributed by atoms with Crippen molar-refractivity contribution in [3.63, 3.8) is 0 Å². The van der Waals surface area contributed by atoms with E-state index in [1.165, 1.54) is 19.3 Å². The van der Waals surface area contributed by atoms with Gasteiger partial charge in [-0.15, -0.1) is 0 Å². The van der Waals surface area contributed by atoms with Crippen molar-refractivity contribution in [2.24, 2.45) is 0 Å². The molecule has 150 valence electrons. The van der Waals surface area contributed by atoms with Gasteiger partial charge in [0.15, 0.2) is 11.5 Å². The molecule has 7 nitrogen and oxygen atoms in total. The van der Waals surface area contributed by atoms with Gasteiger partial charge < -0.3 is 15.2 Å². The second-order valence-corrected chi connectivity index (χ2v) is 7.56. The molecule has 0 radical (unpaired) electrons. The smallest absolute Gasteiger partial charge is 0.294 e. The van der Waals surface area contributed by atoms with Crippen LogP contribution in [-0.2, 0) is 9.59 Å². The van der Waals surface area contributed by atoms with Crippen molar-refractivity contribution in [3.05, 3.63) is 58.0 Å². The van der Waals surface area contributed by atoms with Gasteiger partial charge in [-0.25, -0.2) is 0 Å². The maximum absolute atomic E-state index is 12.6. The van der Waals surface area contributed by atoms with Gasteiger partial charge in [0, 0.05) is 5.69 Å². The van der Waals surface area contributed by atoms with Gasteiger partial charge >= 0.3 is 0 Å². The van der Waals surface area contributed by atoms with E-state index in [0.717, 1.165) is 27.8 Å². The number of imide groups is 1. The number of nitrogens with zero attached hydrogens (tertiary/aromatic N) is 1. The number of amides is 3. The minimum Gasteiger partial charge on any atom is -0.504 e. The van der Waals surface area contributed by atoms with Crippen molar-refractivity contribution in [3.8, 4) is 11.5 Å². The Morgan fingerprint density at radius 2 is 1.97 bits per heavy atom. The van der Waals surface area contributed by atoms with Gasteiger partial charge in [-0.3, -0.25) is 19.3 Å². The van der Waals surface area contributed by atoms with Crippen molar-refractivity contribution in [2.75, 3.05) is 19.0 Å². The maximum atomic E-state index is 12.6. The minimum absolute atomic E-state index is 0.0270. The predicted octanol–water partition coefficient (Wildman–Crippen LogP) is 3.69. The van der Waals surface area contributed by atoms with Crippen molar-refractivity contribution in [2.45, 2.75) is 13.8 Å². The molecule has 0 spiro atoms. The number of phenolic OH excluding ortho intramolecular Hbond substituents is 1. The number of hydrogen-bond donors (Lipinski definition) is 2. The summed E-state index contributed by atoms with van der Waals surface area (Å²) in [5, 5.41) is 11.9. The quantitative estimate of drug-likeness (QED) is 0.727. The Labute approximate surface area is 172 Å². The SMILES string of the molecule is COc1cc(/C=C2/SC(=O)N(CC(=O)Nc3cc(C)ccc3C)C2=O)ccc1O. The Morgan fingerprint density at radius 1 is 1.21 bits per heavy atom. The van der Waals surface area contributed by atoms with Crippen LogP contribution in [0.3, 0.4) is 0 Å². The Kier molecular flexibility index (Phi) is 5.93. The third-order valence-electron chi connectivity index (χ3n) is 4.34. The maximum Gasteiger partial charge on any atom is 0.294 e. The average molecular weight is 412 g/mol. The molecule has 1 fully saturated rings. The number of benzene rings is 2. The summed E-state index contributed by atoms with van der Waals surface area (Å²) >= 11 is 0.763. The van der Waals surface area contributed by atoms with Gasteiger partial charge in [0.05, 0.1) is 12.0 Å². The third kappa shape index (κ3) is 4.60. The van der Waals surface area contributed by atoms with Gasteiger partial charge in [0.1, 0.15) is 6.54 Å². The number of methoxy groups -OCH3 is 1. The molecule has 0 saturated carbocycles. The molecule has 29 heavy (non-hydrogen) atoms. The van der Waals surface area contributed by atoms with E-state index < -0.39 is 17.1 Å². The number of anilines is 1. The number of thioether (sulfide) groups is 1. The molecule has 1 aliphatic rings. The first-order chi connectivity index (χ1) is 13.8. The first-order valence-electron chi connectivity index (χ1n) is 8.78. The molecule has 8 heteroatoms. The topological polar surface area (TPSA) is 95.9 Å². The number of aryl methyl sites for hydroxylation is 2. The fourth-order valence-electron chi connectivity index (χ4n) is 2.78. The second-order valence-electron chi connectivity index (χ2n) is 6.57. The van der Waals surface area contributed by atoms with Crippen LogP contribution in [0, 0.1) is 13.8 Å². The van der Waals surface area contributed by atoms with Gasteiger partial charge in [0.25, 0.3) is 11.1 Å². The van der Waals surface area contributed by atoms with Gasteiger partial charge in [-0.1, -0.05) is 18.2 Å². The normalized spacial score (nSPS) is 15.1. The fourth-order valence-corrected chi connectivity index (χ4v) is 3.61. The summed E-state index contributed by atoms with van der Waals surface area (Å²) in [5.74, 6) is -0.761. The number of phenols is 1. The third-order valence-corrected chi connectivity index (χ3v) is 5.25. The van der Waals surface area contributed by atoms with Crippen molar-refractivity contribution < 1.29 is 24.2 Å². The average Bonchev–Trinajstić information content (AvgIpc) is 2.93. The molecule has 2 N–H and O–H groups in total. The largest absolute Gasteiger partial charge is 0.504 e. The summed E-state index contributed by atoms with van der Waals surface area (Å²) in [4.78, 5) is 38.3. The molecule has 0 bridgehead atoms. The predicted molar refractivity (Wildman–Crippen MR) is 112 cm³/mol. The fraction of sp³-hybridized carbons (Fsp3) is 0.190. The summed E-state index contributed by atoms with van der Waals surface area (Å²) in [6, 6.07) is 10.2. The standard InChI is InChI=1S/C21H20N2O5S/c1-12-4-5-13(2)15(8-12)22-19(25)11-23-20(26)18(29-21(23)27)10-14-6-7-16(24)17(9-14)28-3/h4-10,24H,11H2,1-3H3,(H,22,25)/b18-10+. The number of carbonyl (C=O) groups excluding carboxylic acids is 3. The van der Waals surface area contributed by atoms with Crippen LogP contribution in [0.1, 0.15) is 16.7 Å². The van der Waals surface area contributed by atoms with Gasteiger partial charge in [-0.05, 0) is 66.6 Å². The highest BCUT2D eigenvalue weighted by molar-refractivity contribution is 8.18. The molecule has 3 amide bonds. The van der Waals surface area contributed by atoms with Crippen molar-refractivity contribution in [1.82, 2.24) is 4.90 Å². The van der Waals surface area contributed by atoms with Crippen LogP contribution < -0.4 is 10.1 Å². The molecule has 2 aromatic carbocycles. The second kappa shape index (κ2) is 8.40. The highest BCUT2D eigenvalue weighted by Crippen LogP contribution is 2.34. The zero-order valence-corrected chi connectivity index (χ0v) is 17.0. The number of nitrogens with one attached hydrogen (secondary N) is 1. The number of carbonyl (C=O) groups is 3. The molecule has 0 aliphatic carbocycles. The Morgan fingerprint density at radius 3 is 2.69 bits per heavy atom.